The van der Waals surface area contributed by atoms with E-state index in [1.165, 1.54) is 0 Å². The molecule has 3 fully saturated rings. The quantitative estimate of drug-likeness (QED) is 0.641. The number of hydrogen-bond acceptors (Lipinski definition) is 6. The van der Waals surface area contributed by atoms with Crippen LogP contribution in [-0.2, 0) is 28.5 Å². The molecule has 3 aliphatic heterocycles. The third kappa shape index (κ3) is 1.93. The maximum Gasteiger partial charge on any atom is 0.338 e. The number of fused-ring (bicyclic) bond motifs is 1. The van der Waals surface area contributed by atoms with Gasteiger partial charge < -0.3 is 23.7 Å². The maximum atomic E-state index is 11.7. The Bertz CT molecular complexity index is 377. The van der Waals surface area contributed by atoms with Crippen LogP contribution in [0.3, 0.4) is 0 Å². The highest BCUT2D eigenvalue weighted by molar-refractivity contribution is 5.78. The van der Waals surface area contributed by atoms with E-state index in [4.69, 9.17) is 23.7 Å². The Hall–Kier alpha value is -0.690. The first-order valence-corrected chi connectivity index (χ1v) is 6.15. The van der Waals surface area contributed by atoms with Gasteiger partial charge in [-0.05, 0) is 27.7 Å². The minimum absolute atomic E-state index is 0.309. The van der Waals surface area contributed by atoms with Crippen LogP contribution in [0.15, 0.2) is 0 Å². The minimum atomic E-state index is -0.762. The van der Waals surface area contributed by atoms with Crippen LogP contribution in [0.1, 0.15) is 27.7 Å². The fourth-order valence-electron chi connectivity index (χ4n) is 2.64. The summed E-state index contributed by atoms with van der Waals surface area (Å²) in [5.74, 6) is -1.80. The molecule has 0 bridgehead atoms. The largest absolute Gasteiger partial charge is 0.455 e. The van der Waals surface area contributed by atoms with Gasteiger partial charge in [0.25, 0.3) is 0 Å². The summed E-state index contributed by atoms with van der Waals surface area (Å²) in [5, 5.41) is 0. The van der Waals surface area contributed by atoms with Crippen molar-refractivity contribution in [2.24, 2.45) is 0 Å². The third-order valence-corrected chi connectivity index (χ3v) is 3.33. The number of esters is 1. The van der Waals surface area contributed by atoms with Crippen molar-refractivity contribution in [2.45, 2.75) is 63.7 Å². The van der Waals surface area contributed by atoms with Crippen molar-refractivity contribution in [3.8, 4) is 0 Å². The van der Waals surface area contributed by atoms with Crippen molar-refractivity contribution in [3.05, 3.63) is 0 Å². The Morgan fingerprint density at radius 1 is 1.00 bits per heavy atom. The molecule has 0 unspecified atom stereocenters. The zero-order valence-electron chi connectivity index (χ0n) is 11.0. The molecule has 0 saturated carbocycles. The smallest absolute Gasteiger partial charge is 0.338 e. The molecule has 4 atom stereocenters. The van der Waals surface area contributed by atoms with Crippen LogP contribution in [0.2, 0.25) is 0 Å². The zero-order valence-corrected chi connectivity index (χ0v) is 11.0. The molecular formula is C12H18O6. The molecule has 18 heavy (non-hydrogen) atoms. The lowest BCUT2D eigenvalue weighted by molar-refractivity contribution is -0.200. The lowest BCUT2D eigenvalue weighted by atomic mass is 10.1. The lowest BCUT2D eigenvalue weighted by Gasteiger charge is -2.25. The monoisotopic (exact) mass is 258 g/mol. The van der Waals surface area contributed by atoms with Gasteiger partial charge in [0.1, 0.15) is 12.2 Å². The van der Waals surface area contributed by atoms with Crippen LogP contribution < -0.4 is 0 Å². The van der Waals surface area contributed by atoms with E-state index in [-0.39, 0.29) is 12.1 Å². The second-order valence-electron chi connectivity index (χ2n) is 5.79. The molecular weight excluding hydrogens is 240 g/mol. The Kier molecular flexibility index (Phi) is 2.51. The van der Waals surface area contributed by atoms with Crippen molar-refractivity contribution in [1.82, 2.24) is 0 Å². The van der Waals surface area contributed by atoms with Crippen molar-refractivity contribution in [3.63, 3.8) is 0 Å². The molecule has 0 amide bonds. The van der Waals surface area contributed by atoms with Crippen LogP contribution in [0, 0.1) is 0 Å². The zero-order chi connectivity index (χ0) is 13.1. The van der Waals surface area contributed by atoms with E-state index in [0.29, 0.717) is 6.61 Å². The molecule has 0 aromatic carbocycles. The summed E-state index contributed by atoms with van der Waals surface area (Å²) in [5.41, 5.74) is 0. The second kappa shape index (κ2) is 3.66. The summed E-state index contributed by atoms with van der Waals surface area (Å²) in [6.45, 7) is 7.61. The summed E-state index contributed by atoms with van der Waals surface area (Å²) in [7, 11) is 0. The van der Waals surface area contributed by atoms with Crippen LogP contribution >= 0.6 is 0 Å². The molecule has 3 aliphatic rings. The van der Waals surface area contributed by atoms with Gasteiger partial charge in [0, 0.05) is 0 Å². The highest BCUT2D eigenvalue weighted by Gasteiger charge is 2.59. The number of hydrogen-bond donors (Lipinski definition) is 0. The first-order chi connectivity index (χ1) is 8.27. The van der Waals surface area contributed by atoms with E-state index in [9.17, 15) is 4.79 Å². The van der Waals surface area contributed by atoms with Crippen molar-refractivity contribution < 1.29 is 28.5 Å². The van der Waals surface area contributed by atoms with Gasteiger partial charge in [-0.1, -0.05) is 0 Å². The Morgan fingerprint density at radius 3 is 2.33 bits per heavy atom. The number of rotatable bonds is 1. The van der Waals surface area contributed by atoms with Crippen LogP contribution in [0.25, 0.3) is 0 Å². The van der Waals surface area contributed by atoms with Gasteiger partial charge in [0.05, 0.1) is 6.61 Å². The van der Waals surface area contributed by atoms with Crippen molar-refractivity contribution in [1.29, 1.82) is 0 Å². The average Bonchev–Trinajstić information content (AvgIpc) is 2.81. The predicted molar refractivity (Wildman–Crippen MR) is 58.6 cm³/mol. The topological polar surface area (TPSA) is 63.2 Å². The van der Waals surface area contributed by atoms with E-state index in [2.05, 4.69) is 0 Å². The van der Waals surface area contributed by atoms with Crippen molar-refractivity contribution >= 4 is 5.97 Å². The molecule has 6 nitrogen and oxygen atoms in total. The van der Waals surface area contributed by atoms with Gasteiger partial charge in [0.2, 0.25) is 0 Å². The summed E-state index contributed by atoms with van der Waals surface area (Å²) >= 11 is 0. The Morgan fingerprint density at radius 2 is 1.72 bits per heavy atom. The molecule has 3 rings (SSSR count). The number of ether oxygens (including phenoxy) is 5. The Labute approximate surface area is 105 Å². The number of carbonyl (C=O) groups excluding carboxylic acids is 1. The molecule has 0 radical (unpaired) electrons. The van der Waals surface area contributed by atoms with Gasteiger partial charge in [-0.2, -0.15) is 0 Å². The first kappa shape index (κ1) is 12.3. The first-order valence-electron chi connectivity index (χ1n) is 6.15. The van der Waals surface area contributed by atoms with Gasteiger partial charge >= 0.3 is 5.97 Å². The fraction of sp³-hybridized carbons (Fsp3) is 0.917. The van der Waals surface area contributed by atoms with E-state index in [1.54, 1.807) is 13.8 Å². The van der Waals surface area contributed by atoms with E-state index in [1.807, 2.05) is 13.8 Å². The van der Waals surface area contributed by atoms with Crippen LogP contribution in [-0.4, -0.2) is 48.6 Å². The number of carbonyl (C=O) groups is 1. The van der Waals surface area contributed by atoms with E-state index in [0.717, 1.165) is 0 Å². The Balaban J connectivity index is 1.77. The maximum absolute atomic E-state index is 11.7. The molecule has 0 aliphatic carbocycles. The van der Waals surface area contributed by atoms with Crippen LogP contribution in [0.4, 0.5) is 0 Å². The second-order valence-corrected chi connectivity index (χ2v) is 5.79. The molecule has 102 valence electrons. The lowest BCUT2D eigenvalue weighted by Crippen LogP contribution is -2.40. The fourth-order valence-corrected chi connectivity index (χ4v) is 2.64. The molecule has 0 aromatic rings. The van der Waals surface area contributed by atoms with E-state index < -0.39 is 29.9 Å². The molecule has 0 N–H and O–H groups in total. The molecule has 6 heteroatoms. The molecule has 0 aromatic heterocycles. The minimum Gasteiger partial charge on any atom is -0.455 e. The highest BCUT2D eigenvalue weighted by atomic mass is 16.8. The summed E-state index contributed by atoms with van der Waals surface area (Å²) in [6.07, 6.45) is -1.85. The third-order valence-electron chi connectivity index (χ3n) is 3.33. The SMILES string of the molecule is CC1(C)OC[C@H]([C@@H]2OC(=O)[C@@H]3OC(C)(C)O[C@H]23)O1. The normalized spacial score (nSPS) is 45.0. The average molecular weight is 258 g/mol. The summed E-state index contributed by atoms with van der Waals surface area (Å²) in [4.78, 5) is 11.7. The summed E-state index contributed by atoms with van der Waals surface area (Å²) in [6, 6.07) is 0. The van der Waals surface area contributed by atoms with Gasteiger partial charge in [-0.15, -0.1) is 0 Å². The van der Waals surface area contributed by atoms with Gasteiger partial charge in [0.15, 0.2) is 23.8 Å². The van der Waals surface area contributed by atoms with Crippen LogP contribution in [0.5, 0.6) is 0 Å². The summed E-state index contributed by atoms with van der Waals surface area (Å²) < 4.78 is 27.8. The van der Waals surface area contributed by atoms with E-state index >= 15 is 0 Å². The molecule has 0 spiro atoms. The van der Waals surface area contributed by atoms with Crippen molar-refractivity contribution in [2.75, 3.05) is 6.61 Å². The van der Waals surface area contributed by atoms with Gasteiger partial charge in [-0.25, -0.2) is 4.79 Å². The standard InChI is InChI=1S/C12H18O6/c1-11(2)14-5-6(16-11)7-8-9(10(13)15-7)18-12(3,4)17-8/h6-9H,5H2,1-4H3/t6-,7+,8-,9-/m1/s1. The molecule has 3 saturated heterocycles. The predicted octanol–water partition coefficient (Wildman–Crippen LogP) is 0.583. The number of cyclic esters (lactones) is 1. The molecule has 3 heterocycles. The van der Waals surface area contributed by atoms with Gasteiger partial charge in [-0.3, -0.25) is 0 Å². The highest BCUT2D eigenvalue weighted by Crippen LogP contribution is 2.39.